The molecule has 0 amide bonds. The first-order chi connectivity index (χ1) is 7.24. The van der Waals surface area contributed by atoms with Crippen molar-refractivity contribution in [1.82, 2.24) is 10.3 Å². The van der Waals surface area contributed by atoms with Crippen molar-refractivity contribution in [3.8, 4) is 0 Å². The third kappa shape index (κ3) is 4.70. The van der Waals surface area contributed by atoms with E-state index in [4.69, 9.17) is 10.5 Å². The van der Waals surface area contributed by atoms with Crippen LogP contribution in [0.1, 0.15) is 17.0 Å². The molecule has 5 heteroatoms. The van der Waals surface area contributed by atoms with Gasteiger partial charge in [0.15, 0.2) is 0 Å². The largest absolute Gasteiger partial charge is 0.385 e. The van der Waals surface area contributed by atoms with Crippen molar-refractivity contribution >= 4 is 11.3 Å². The molecule has 1 unspecified atom stereocenters. The smallest absolute Gasteiger partial charge is 0.0798 e. The first-order valence-corrected chi connectivity index (χ1v) is 5.96. The number of nitrogens with two attached hydrogens (primary N) is 1. The van der Waals surface area contributed by atoms with Gasteiger partial charge in [-0.25, -0.2) is 4.98 Å². The minimum absolute atomic E-state index is 0.165. The Morgan fingerprint density at radius 1 is 1.67 bits per heavy atom. The second-order valence-electron chi connectivity index (χ2n) is 3.53. The van der Waals surface area contributed by atoms with E-state index in [1.165, 1.54) is 4.88 Å². The van der Waals surface area contributed by atoms with Crippen LogP contribution in [0.3, 0.4) is 0 Å². The molecule has 1 atom stereocenters. The van der Waals surface area contributed by atoms with Crippen molar-refractivity contribution in [2.45, 2.75) is 25.9 Å². The third-order valence-electron chi connectivity index (χ3n) is 2.23. The van der Waals surface area contributed by atoms with Crippen LogP contribution >= 0.6 is 11.3 Å². The minimum Gasteiger partial charge on any atom is -0.385 e. The maximum absolute atomic E-state index is 5.88. The fourth-order valence-electron chi connectivity index (χ4n) is 1.24. The van der Waals surface area contributed by atoms with Gasteiger partial charge in [0, 0.05) is 37.7 Å². The number of nitrogens with zero attached hydrogens (tertiary/aromatic N) is 1. The second kappa shape index (κ2) is 6.90. The lowest BCUT2D eigenvalue weighted by Gasteiger charge is -2.11. The molecule has 0 saturated carbocycles. The molecule has 0 spiro atoms. The highest BCUT2D eigenvalue weighted by Crippen LogP contribution is 2.10. The molecule has 1 rings (SSSR count). The van der Waals surface area contributed by atoms with E-state index in [1.54, 1.807) is 18.4 Å². The molecule has 0 fully saturated rings. The monoisotopic (exact) mass is 229 g/mol. The summed E-state index contributed by atoms with van der Waals surface area (Å²) >= 11 is 1.68. The summed E-state index contributed by atoms with van der Waals surface area (Å²) in [6.07, 6.45) is 0.894. The van der Waals surface area contributed by atoms with Gasteiger partial charge in [-0.15, -0.1) is 11.3 Å². The Hall–Kier alpha value is -0.490. The van der Waals surface area contributed by atoms with E-state index in [0.29, 0.717) is 0 Å². The van der Waals surface area contributed by atoms with E-state index in [9.17, 15) is 0 Å². The first-order valence-electron chi connectivity index (χ1n) is 5.08. The van der Waals surface area contributed by atoms with Crippen LogP contribution in [0.5, 0.6) is 0 Å². The van der Waals surface area contributed by atoms with Gasteiger partial charge in [-0.2, -0.15) is 0 Å². The maximum Gasteiger partial charge on any atom is 0.0798 e. The zero-order valence-corrected chi connectivity index (χ0v) is 10.1. The van der Waals surface area contributed by atoms with Crippen LogP contribution in [0.2, 0.25) is 0 Å². The Labute approximate surface area is 94.8 Å². The normalized spacial score (nSPS) is 13.0. The molecule has 0 aliphatic heterocycles. The number of aryl methyl sites for hydroxylation is 1. The van der Waals surface area contributed by atoms with Crippen molar-refractivity contribution in [2.75, 3.05) is 20.3 Å². The molecule has 0 aliphatic rings. The summed E-state index contributed by atoms with van der Waals surface area (Å²) < 4.78 is 4.97. The lowest BCUT2D eigenvalue weighted by molar-refractivity contribution is 0.187. The Morgan fingerprint density at radius 3 is 3.07 bits per heavy atom. The zero-order valence-electron chi connectivity index (χ0n) is 9.32. The van der Waals surface area contributed by atoms with E-state index in [2.05, 4.69) is 10.3 Å². The quantitative estimate of drug-likeness (QED) is 0.729. The number of rotatable bonds is 7. The van der Waals surface area contributed by atoms with Gasteiger partial charge in [-0.1, -0.05) is 0 Å². The molecule has 1 aromatic heterocycles. The van der Waals surface area contributed by atoms with E-state index in [-0.39, 0.29) is 6.04 Å². The highest BCUT2D eigenvalue weighted by Gasteiger charge is 2.03. The minimum atomic E-state index is 0.165. The van der Waals surface area contributed by atoms with Gasteiger partial charge in [0.25, 0.3) is 0 Å². The van der Waals surface area contributed by atoms with Gasteiger partial charge in [0.1, 0.15) is 0 Å². The summed E-state index contributed by atoms with van der Waals surface area (Å²) in [6.45, 7) is 4.43. The van der Waals surface area contributed by atoms with Crippen molar-refractivity contribution in [3.63, 3.8) is 0 Å². The Kier molecular flexibility index (Phi) is 5.78. The lowest BCUT2D eigenvalue weighted by Crippen LogP contribution is -2.34. The van der Waals surface area contributed by atoms with Crippen molar-refractivity contribution in [1.29, 1.82) is 0 Å². The molecule has 4 nitrogen and oxygen atoms in total. The van der Waals surface area contributed by atoms with Gasteiger partial charge in [0.05, 0.1) is 11.2 Å². The summed E-state index contributed by atoms with van der Waals surface area (Å²) in [6, 6.07) is 0.165. The summed E-state index contributed by atoms with van der Waals surface area (Å²) in [5.74, 6) is 0. The number of methoxy groups -OCH3 is 1. The number of aromatic nitrogens is 1. The zero-order chi connectivity index (χ0) is 11.1. The predicted molar refractivity (Wildman–Crippen MR) is 63.0 cm³/mol. The number of ether oxygens (including phenoxy) is 1. The molecular weight excluding hydrogens is 210 g/mol. The van der Waals surface area contributed by atoms with Crippen molar-refractivity contribution in [3.05, 3.63) is 16.1 Å². The fraction of sp³-hybridized carbons (Fsp3) is 0.700. The van der Waals surface area contributed by atoms with Crippen molar-refractivity contribution in [2.24, 2.45) is 5.73 Å². The highest BCUT2D eigenvalue weighted by atomic mass is 32.1. The van der Waals surface area contributed by atoms with E-state index in [1.807, 2.05) is 12.4 Å². The average Bonchev–Trinajstić information content (AvgIpc) is 2.61. The number of nitrogens with one attached hydrogen (secondary N) is 1. The van der Waals surface area contributed by atoms with Crippen LogP contribution in [0.25, 0.3) is 0 Å². The molecule has 1 heterocycles. The third-order valence-corrected chi connectivity index (χ3v) is 3.16. The Bertz CT molecular complexity index is 277. The average molecular weight is 229 g/mol. The maximum atomic E-state index is 5.88. The Balaban J connectivity index is 2.13. The van der Waals surface area contributed by atoms with Crippen LogP contribution < -0.4 is 11.1 Å². The van der Waals surface area contributed by atoms with E-state index >= 15 is 0 Å². The molecule has 0 radical (unpaired) electrons. The molecule has 1 aromatic rings. The molecular formula is C10H19N3OS. The number of hydrogen-bond donors (Lipinski definition) is 2. The summed E-state index contributed by atoms with van der Waals surface area (Å²) in [4.78, 5) is 5.48. The van der Waals surface area contributed by atoms with Crippen LogP contribution in [0, 0.1) is 6.92 Å². The summed E-state index contributed by atoms with van der Waals surface area (Å²) in [7, 11) is 1.70. The SMILES string of the molecule is COCCC(N)CNCc1scnc1C. The van der Waals surface area contributed by atoms with Gasteiger partial charge < -0.3 is 15.8 Å². The number of thiazole rings is 1. The second-order valence-corrected chi connectivity index (χ2v) is 4.47. The molecule has 86 valence electrons. The number of hydrogen-bond acceptors (Lipinski definition) is 5. The van der Waals surface area contributed by atoms with Crippen LogP contribution in [-0.4, -0.2) is 31.3 Å². The molecule has 3 N–H and O–H groups in total. The Morgan fingerprint density at radius 2 is 2.47 bits per heavy atom. The molecule has 15 heavy (non-hydrogen) atoms. The molecule has 0 bridgehead atoms. The van der Waals surface area contributed by atoms with Gasteiger partial charge in [0.2, 0.25) is 0 Å². The lowest BCUT2D eigenvalue weighted by atomic mass is 10.2. The van der Waals surface area contributed by atoms with Crippen LogP contribution in [0.4, 0.5) is 0 Å². The fourth-order valence-corrected chi connectivity index (χ4v) is 1.98. The van der Waals surface area contributed by atoms with Gasteiger partial charge in [-0.05, 0) is 13.3 Å². The van der Waals surface area contributed by atoms with E-state index < -0.39 is 0 Å². The molecule has 0 saturated heterocycles. The summed E-state index contributed by atoms with van der Waals surface area (Å²) in [5, 5.41) is 3.33. The first kappa shape index (κ1) is 12.6. The topological polar surface area (TPSA) is 60.2 Å². The van der Waals surface area contributed by atoms with Crippen molar-refractivity contribution < 1.29 is 4.74 Å². The molecule has 0 aromatic carbocycles. The highest BCUT2D eigenvalue weighted by molar-refractivity contribution is 7.09. The van der Waals surface area contributed by atoms with Crippen LogP contribution in [0.15, 0.2) is 5.51 Å². The standard InChI is InChI=1S/C10H19N3OS/c1-8-10(15-7-13-8)6-12-5-9(11)3-4-14-2/h7,9,12H,3-6,11H2,1-2H3. The molecule has 0 aliphatic carbocycles. The van der Waals surface area contributed by atoms with Gasteiger partial charge >= 0.3 is 0 Å². The predicted octanol–water partition coefficient (Wildman–Crippen LogP) is 0.905. The van der Waals surface area contributed by atoms with Crippen LogP contribution in [-0.2, 0) is 11.3 Å². The van der Waals surface area contributed by atoms with Gasteiger partial charge in [-0.3, -0.25) is 0 Å². The summed E-state index contributed by atoms with van der Waals surface area (Å²) in [5.41, 5.74) is 8.86. The van der Waals surface area contributed by atoms with E-state index in [0.717, 1.165) is 31.8 Å².